The molecule has 0 spiro atoms. The number of halogens is 1. The third-order valence-corrected chi connectivity index (χ3v) is 3.42. The number of nitro groups is 1. The molecule has 2 rings (SSSR count). The lowest BCUT2D eigenvalue weighted by atomic mass is 10.1. The van der Waals surface area contributed by atoms with Crippen LogP contribution in [0.15, 0.2) is 12.3 Å². The Balaban J connectivity index is 2.04. The maximum atomic E-state index is 12.0. The normalized spacial score (nSPS) is 18.6. The van der Waals surface area contributed by atoms with E-state index in [1.807, 2.05) is 0 Å². The highest BCUT2D eigenvalue weighted by Crippen LogP contribution is 2.20. The van der Waals surface area contributed by atoms with Crippen LogP contribution in [0.5, 0.6) is 0 Å². The first kappa shape index (κ1) is 14.7. The van der Waals surface area contributed by atoms with Gasteiger partial charge in [-0.3, -0.25) is 14.9 Å². The molecule has 108 valence electrons. The van der Waals surface area contributed by atoms with Crippen molar-refractivity contribution >= 4 is 23.2 Å². The second-order valence-corrected chi connectivity index (χ2v) is 5.03. The van der Waals surface area contributed by atoms with Gasteiger partial charge in [-0.2, -0.15) is 0 Å². The second-order valence-electron chi connectivity index (χ2n) is 4.64. The first-order valence-corrected chi connectivity index (χ1v) is 6.77. The summed E-state index contributed by atoms with van der Waals surface area (Å²) in [4.78, 5) is 25.9. The molecule has 7 nitrogen and oxygen atoms in total. The van der Waals surface area contributed by atoms with Crippen LogP contribution in [-0.4, -0.2) is 34.9 Å². The Bertz CT molecular complexity index is 517. The Morgan fingerprint density at radius 1 is 1.60 bits per heavy atom. The summed E-state index contributed by atoms with van der Waals surface area (Å²) in [5, 5.41) is 16.9. The molecule has 0 aromatic carbocycles. The van der Waals surface area contributed by atoms with Crippen LogP contribution in [0.3, 0.4) is 0 Å². The van der Waals surface area contributed by atoms with E-state index in [-0.39, 0.29) is 22.4 Å². The molecule has 1 fully saturated rings. The average Bonchev–Trinajstić information content (AvgIpc) is 2.45. The zero-order valence-corrected chi connectivity index (χ0v) is 11.5. The van der Waals surface area contributed by atoms with Crippen LogP contribution in [0.25, 0.3) is 0 Å². The molecule has 1 atom stereocenters. The lowest BCUT2D eigenvalue weighted by Gasteiger charge is -2.23. The molecule has 8 heteroatoms. The second kappa shape index (κ2) is 6.62. The fraction of sp³-hybridized carbons (Fsp3) is 0.500. The summed E-state index contributed by atoms with van der Waals surface area (Å²) in [7, 11) is 0. The predicted molar refractivity (Wildman–Crippen MR) is 73.9 cm³/mol. The van der Waals surface area contributed by atoms with E-state index in [1.165, 1.54) is 6.07 Å². The lowest BCUT2D eigenvalue weighted by Crippen LogP contribution is -2.43. The van der Waals surface area contributed by atoms with Gasteiger partial charge in [-0.25, -0.2) is 4.98 Å². The van der Waals surface area contributed by atoms with Crippen LogP contribution in [0.4, 0.5) is 5.69 Å². The van der Waals surface area contributed by atoms with Gasteiger partial charge in [0.05, 0.1) is 4.92 Å². The molecular weight excluding hydrogens is 284 g/mol. The smallest absolute Gasteiger partial charge is 0.300 e. The highest BCUT2D eigenvalue weighted by Gasteiger charge is 2.22. The third-order valence-electron chi connectivity index (χ3n) is 3.21. The molecule has 0 bridgehead atoms. The Labute approximate surface area is 120 Å². The van der Waals surface area contributed by atoms with E-state index in [1.54, 1.807) is 0 Å². The molecule has 1 aromatic rings. The van der Waals surface area contributed by atoms with Gasteiger partial charge in [0.1, 0.15) is 16.9 Å². The van der Waals surface area contributed by atoms with Gasteiger partial charge in [0.2, 0.25) is 0 Å². The number of carbonyl (C=O) groups excluding carboxylic acids is 1. The predicted octanol–water partition coefficient (Wildman–Crippen LogP) is 1.52. The number of hydrogen-bond acceptors (Lipinski definition) is 5. The molecule has 0 aliphatic carbocycles. The molecule has 20 heavy (non-hydrogen) atoms. The topological polar surface area (TPSA) is 97.2 Å². The Hall–Kier alpha value is -1.73. The maximum absolute atomic E-state index is 12.0. The van der Waals surface area contributed by atoms with Gasteiger partial charge in [0.15, 0.2) is 0 Å². The van der Waals surface area contributed by atoms with Gasteiger partial charge in [-0.05, 0) is 25.5 Å². The number of aromatic nitrogens is 1. The molecule has 2 N–H and O–H groups in total. The van der Waals surface area contributed by atoms with Crippen molar-refractivity contribution in [3.8, 4) is 0 Å². The quantitative estimate of drug-likeness (QED) is 0.499. The van der Waals surface area contributed by atoms with E-state index in [2.05, 4.69) is 15.6 Å². The minimum absolute atomic E-state index is 0.0524. The van der Waals surface area contributed by atoms with E-state index >= 15 is 0 Å². The number of carbonyl (C=O) groups is 1. The number of pyridine rings is 1. The molecule has 1 aromatic heterocycles. The molecule has 1 amide bonds. The number of piperidine rings is 1. The van der Waals surface area contributed by atoms with Crippen molar-refractivity contribution in [3.63, 3.8) is 0 Å². The zero-order chi connectivity index (χ0) is 14.5. The van der Waals surface area contributed by atoms with Gasteiger partial charge < -0.3 is 10.6 Å². The number of nitrogens with one attached hydrogen (secondary N) is 2. The Morgan fingerprint density at radius 3 is 3.05 bits per heavy atom. The summed E-state index contributed by atoms with van der Waals surface area (Å²) >= 11 is 5.69. The largest absolute Gasteiger partial charge is 0.350 e. The monoisotopic (exact) mass is 298 g/mol. The van der Waals surface area contributed by atoms with Crippen molar-refractivity contribution in [3.05, 3.63) is 33.1 Å². The van der Waals surface area contributed by atoms with Crippen molar-refractivity contribution in [2.75, 3.05) is 13.1 Å². The Kier molecular flexibility index (Phi) is 4.86. The summed E-state index contributed by atoms with van der Waals surface area (Å²) in [5.74, 6) is -0.506. The minimum Gasteiger partial charge on any atom is -0.350 e. The van der Waals surface area contributed by atoms with E-state index < -0.39 is 10.8 Å². The van der Waals surface area contributed by atoms with E-state index in [0.29, 0.717) is 6.54 Å². The van der Waals surface area contributed by atoms with Crippen molar-refractivity contribution in [1.82, 2.24) is 15.6 Å². The van der Waals surface area contributed by atoms with Crippen LogP contribution in [0.1, 0.15) is 29.6 Å². The molecule has 2 heterocycles. The number of nitrogens with zero attached hydrogens (tertiary/aromatic N) is 2. The summed E-state index contributed by atoms with van der Waals surface area (Å²) < 4.78 is 0. The zero-order valence-electron chi connectivity index (χ0n) is 10.8. The molecule has 1 saturated heterocycles. The standard InChI is InChI=1S/C12H15ClN4O3/c13-11-5-9(10(7-15-11)17(19)20)12(18)16-6-8-3-1-2-4-14-8/h5,7-8,14H,1-4,6H2,(H,16,18). The Morgan fingerprint density at radius 2 is 2.40 bits per heavy atom. The van der Waals surface area contributed by atoms with E-state index in [9.17, 15) is 14.9 Å². The molecule has 0 radical (unpaired) electrons. The van der Waals surface area contributed by atoms with Crippen molar-refractivity contribution < 1.29 is 9.72 Å². The number of amides is 1. The number of rotatable bonds is 4. The summed E-state index contributed by atoms with van der Waals surface area (Å²) in [5.41, 5.74) is -0.408. The van der Waals surface area contributed by atoms with Crippen LogP contribution < -0.4 is 10.6 Å². The van der Waals surface area contributed by atoms with Crippen molar-refractivity contribution in [2.24, 2.45) is 0 Å². The molecule has 0 saturated carbocycles. The van der Waals surface area contributed by atoms with Gasteiger partial charge in [-0.1, -0.05) is 18.0 Å². The SMILES string of the molecule is O=C(NCC1CCCCN1)c1cc(Cl)ncc1[N+](=O)[O-]. The highest BCUT2D eigenvalue weighted by atomic mass is 35.5. The summed E-state index contributed by atoms with van der Waals surface area (Å²) in [6.45, 7) is 1.37. The van der Waals surface area contributed by atoms with Crippen LogP contribution in [-0.2, 0) is 0 Å². The first-order chi connectivity index (χ1) is 9.58. The van der Waals surface area contributed by atoms with Crippen LogP contribution in [0.2, 0.25) is 5.15 Å². The minimum atomic E-state index is -0.642. The van der Waals surface area contributed by atoms with Gasteiger partial charge in [-0.15, -0.1) is 0 Å². The fourth-order valence-electron chi connectivity index (χ4n) is 2.16. The molecule has 1 unspecified atom stereocenters. The van der Waals surface area contributed by atoms with Gasteiger partial charge in [0, 0.05) is 12.6 Å². The van der Waals surface area contributed by atoms with Crippen molar-refractivity contribution in [2.45, 2.75) is 25.3 Å². The molecule has 1 aliphatic heterocycles. The van der Waals surface area contributed by atoms with Crippen LogP contribution in [0, 0.1) is 10.1 Å². The maximum Gasteiger partial charge on any atom is 0.300 e. The fourth-order valence-corrected chi connectivity index (χ4v) is 2.32. The van der Waals surface area contributed by atoms with Gasteiger partial charge in [0.25, 0.3) is 11.6 Å². The van der Waals surface area contributed by atoms with Crippen molar-refractivity contribution in [1.29, 1.82) is 0 Å². The van der Waals surface area contributed by atoms with E-state index in [4.69, 9.17) is 11.6 Å². The van der Waals surface area contributed by atoms with Gasteiger partial charge >= 0.3 is 0 Å². The van der Waals surface area contributed by atoms with E-state index in [0.717, 1.165) is 32.0 Å². The number of hydrogen-bond donors (Lipinski definition) is 2. The third kappa shape index (κ3) is 3.64. The average molecular weight is 299 g/mol. The lowest BCUT2D eigenvalue weighted by molar-refractivity contribution is -0.385. The first-order valence-electron chi connectivity index (χ1n) is 6.39. The highest BCUT2D eigenvalue weighted by molar-refractivity contribution is 6.29. The summed E-state index contributed by atoms with van der Waals surface area (Å²) in [6, 6.07) is 1.42. The van der Waals surface area contributed by atoms with Crippen LogP contribution >= 0.6 is 11.6 Å². The molecular formula is C12H15ClN4O3. The summed E-state index contributed by atoms with van der Waals surface area (Å²) in [6.07, 6.45) is 4.24. The molecule has 1 aliphatic rings.